The van der Waals surface area contributed by atoms with Crippen molar-refractivity contribution in [2.45, 2.75) is 23.4 Å². The topological polar surface area (TPSA) is 169 Å². The van der Waals surface area contributed by atoms with E-state index in [1.165, 1.54) is 23.9 Å². The van der Waals surface area contributed by atoms with Crippen LogP contribution in [-0.4, -0.2) is 39.3 Å². The van der Waals surface area contributed by atoms with Gasteiger partial charge in [-0.1, -0.05) is 15.9 Å². The number of hydrogen-bond donors (Lipinski definition) is 5. The first kappa shape index (κ1) is 25.4. The second-order valence-electron chi connectivity index (χ2n) is 8.09. The number of carbonyl (C=O) groups is 2. The molecular weight excluding hydrogens is 548 g/mol. The lowest BCUT2D eigenvalue weighted by molar-refractivity contribution is -0.145. The largest absolute Gasteiger partial charge is 0.507 e. The molecule has 1 aliphatic rings. The van der Waals surface area contributed by atoms with E-state index in [0.29, 0.717) is 27.4 Å². The third-order valence-corrected chi connectivity index (χ3v) is 7.07. The number of phenolic OH excluding ortho intramolecular Hbond substituents is 1. The van der Waals surface area contributed by atoms with Gasteiger partial charge in [0, 0.05) is 31.6 Å². The number of aliphatic carboxylic acids is 2. The number of nitrogens with one attached hydrogen (secondary N) is 1. The number of nitrogens with two attached hydrogens (primary N) is 1. The molecule has 0 spiro atoms. The van der Waals surface area contributed by atoms with E-state index in [0.717, 1.165) is 9.37 Å². The van der Waals surface area contributed by atoms with Gasteiger partial charge in [0.05, 0.1) is 23.1 Å². The van der Waals surface area contributed by atoms with Crippen molar-refractivity contribution in [3.63, 3.8) is 0 Å². The molecule has 184 valence electrons. The summed E-state index contributed by atoms with van der Waals surface area (Å²) in [6.07, 6.45) is 0.350. The van der Waals surface area contributed by atoms with Crippen LogP contribution in [0.4, 0.5) is 0 Å². The molecule has 9 nitrogen and oxygen atoms in total. The van der Waals surface area contributed by atoms with Crippen LogP contribution in [0.25, 0.3) is 11.1 Å². The number of thioether (sulfide) groups is 1. The molecule has 0 amide bonds. The SMILES string of the molecule is CSc1ccc(Br)cc1-c1cc(C(CC(=O)O)C(=O)O)cc(C2N=c3ccc(C(=N)N)cc3=N2)c1O. The fourth-order valence-corrected chi connectivity index (χ4v) is 4.99. The second kappa shape index (κ2) is 10.1. The van der Waals surface area contributed by atoms with Crippen LogP contribution in [0.1, 0.15) is 35.2 Å². The smallest absolute Gasteiger partial charge is 0.311 e. The molecule has 1 aliphatic heterocycles. The third kappa shape index (κ3) is 4.98. The number of benzene rings is 3. The summed E-state index contributed by atoms with van der Waals surface area (Å²) in [4.78, 5) is 33.5. The highest BCUT2D eigenvalue weighted by molar-refractivity contribution is 9.10. The normalized spacial score (nSPS) is 14.9. The zero-order valence-corrected chi connectivity index (χ0v) is 21.3. The molecule has 0 bridgehead atoms. The van der Waals surface area contributed by atoms with E-state index >= 15 is 0 Å². The standard InChI is InChI=1S/C25H21BrN4O5S/c1-36-20-5-3-13(26)9-15(20)16-6-12(14(25(34)35)10-21(31)32)7-17(22(16)33)24-29-18-4-2-11(23(27)28)8-19(18)30-24/h2-9,14,24,33H,10H2,1H3,(H3,27,28)(H,31,32)(H,34,35). The van der Waals surface area contributed by atoms with Gasteiger partial charge in [0.25, 0.3) is 0 Å². The van der Waals surface area contributed by atoms with E-state index in [1.54, 1.807) is 24.3 Å². The number of amidine groups is 1. The number of fused-ring (bicyclic) bond motifs is 1. The summed E-state index contributed by atoms with van der Waals surface area (Å²) < 4.78 is 0.751. The minimum atomic E-state index is -1.35. The van der Waals surface area contributed by atoms with Crippen molar-refractivity contribution >= 4 is 45.5 Å². The van der Waals surface area contributed by atoms with Crippen molar-refractivity contribution in [2.24, 2.45) is 15.7 Å². The zero-order valence-electron chi connectivity index (χ0n) is 18.9. The Morgan fingerprint density at radius 3 is 2.44 bits per heavy atom. The number of aromatic hydroxyl groups is 1. The first-order chi connectivity index (χ1) is 17.1. The van der Waals surface area contributed by atoms with Crippen molar-refractivity contribution in [1.82, 2.24) is 0 Å². The Morgan fingerprint density at radius 1 is 1.08 bits per heavy atom. The van der Waals surface area contributed by atoms with Crippen LogP contribution < -0.4 is 16.4 Å². The van der Waals surface area contributed by atoms with Crippen LogP contribution in [0.5, 0.6) is 5.75 Å². The summed E-state index contributed by atoms with van der Waals surface area (Å²) in [6.45, 7) is 0. The van der Waals surface area contributed by atoms with Gasteiger partial charge in [-0.2, -0.15) is 0 Å². The van der Waals surface area contributed by atoms with E-state index in [9.17, 15) is 24.9 Å². The van der Waals surface area contributed by atoms with Gasteiger partial charge in [-0.25, -0.2) is 0 Å². The minimum Gasteiger partial charge on any atom is -0.507 e. The minimum absolute atomic E-state index is 0.124. The fraction of sp³-hybridized carbons (Fsp3) is 0.160. The van der Waals surface area contributed by atoms with E-state index in [1.807, 2.05) is 18.4 Å². The monoisotopic (exact) mass is 568 g/mol. The third-order valence-electron chi connectivity index (χ3n) is 5.78. The molecule has 2 atom stereocenters. The lowest BCUT2D eigenvalue weighted by Gasteiger charge is -2.19. The maximum Gasteiger partial charge on any atom is 0.311 e. The van der Waals surface area contributed by atoms with Crippen LogP contribution in [0.3, 0.4) is 0 Å². The van der Waals surface area contributed by atoms with E-state index < -0.39 is 30.4 Å². The second-order valence-corrected chi connectivity index (χ2v) is 9.85. The first-order valence-electron chi connectivity index (χ1n) is 10.6. The molecule has 0 saturated carbocycles. The van der Waals surface area contributed by atoms with Gasteiger partial charge in [-0.3, -0.25) is 25.0 Å². The molecule has 0 fully saturated rings. The molecule has 0 aliphatic carbocycles. The number of halogens is 1. The Balaban J connectivity index is 1.97. The van der Waals surface area contributed by atoms with Crippen LogP contribution >= 0.6 is 27.7 Å². The maximum atomic E-state index is 12.0. The summed E-state index contributed by atoms with van der Waals surface area (Å²) in [7, 11) is 0. The lowest BCUT2D eigenvalue weighted by atomic mass is 9.89. The van der Waals surface area contributed by atoms with E-state index in [2.05, 4.69) is 25.9 Å². The maximum absolute atomic E-state index is 12.0. The van der Waals surface area contributed by atoms with Crippen LogP contribution in [0.2, 0.25) is 0 Å². The Bertz CT molecular complexity index is 1540. The number of phenols is 1. The Kier molecular flexibility index (Phi) is 7.14. The summed E-state index contributed by atoms with van der Waals surface area (Å²) >= 11 is 4.90. The van der Waals surface area contributed by atoms with Gasteiger partial charge < -0.3 is 21.1 Å². The fourth-order valence-electron chi connectivity index (χ4n) is 4.03. The molecule has 6 N–H and O–H groups in total. The van der Waals surface area contributed by atoms with Crippen molar-refractivity contribution in [3.8, 4) is 16.9 Å². The highest BCUT2D eigenvalue weighted by Crippen LogP contribution is 2.44. The van der Waals surface area contributed by atoms with Crippen LogP contribution in [0, 0.1) is 5.41 Å². The number of hydrogen-bond acceptors (Lipinski definition) is 7. The van der Waals surface area contributed by atoms with Gasteiger partial charge in [0.15, 0.2) is 6.17 Å². The average molecular weight is 569 g/mol. The Hall–Kier alpha value is -3.70. The summed E-state index contributed by atoms with van der Waals surface area (Å²) in [5, 5.41) is 39.2. The highest BCUT2D eigenvalue weighted by Gasteiger charge is 2.29. The van der Waals surface area contributed by atoms with Gasteiger partial charge >= 0.3 is 11.9 Å². The molecule has 4 rings (SSSR count). The van der Waals surface area contributed by atoms with Gasteiger partial charge in [0.1, 0.15) is 11.6 Å². The molecule has 3 aromatic carbocycles. The lowest BCUT2D eigenvalue weighted by Crippen LogP contribution is -2.24. The van der Waals surface area contributed by atoms with Crippen molar-refractivity contribution < 1.29 is 24.9 Å². The van der Waals surface area contributed by atoms with Crippen LogP contribution in [-0.2, 0) is 9.59 Å². The summed E-state index contributed by atoms with van der Waals surface area (Å²) in [5.41, 5.74) is 7.50. The Morgan fingerprint density at radius 2 is 1.81 bits per heavy atom. The predicted molar refractivity (Wildman–Crippen MR) is 138 cm³/mol. The molecule has 0 saturated heterocycles. The Labute approximate surface area is 218 Å². The summed E-state index contributed by atoms with van der Waals surface area (Å²) in [5.74, 6) is -4.16. The number of nitrogens with zero attached hydrogens (tertiary/aromatic N) is 2. The first-order valence-corrected chi connectivity index (χ1v) is 12.7. The van der Waals surface area contributed by atoms with E-state index in [4.69, 9.17) is 11.1 Å². The van der Waals surface area contributed by atoms with Crippen molar-refractivity contribution in [3.05, 3.63) is 80.4 Å². The highest BCUT2D eigenvalue weighted by atomic mass is 79.9. The molecular formula is C25H21BrN4O5S. The number of carboxylic acid groups (broad SMARTS) is 2. The van der Waals surface area contributed by atoms with Gasteiger partial charge in [-0.15, -0.1) is 11.8 Å². The number of carboxylic acids is 2. The van der Waals surface area contributed by atoms with Gasteiger partial charge in [-0.05, 0) is 60.4 Å². The van der Waals surface area contributed by atoms with Crippen molar-refractivity contribution in [2.75, 3.05) is 6.26 Å². The summed E-state index contributed by atoms with van der Waals surface area (Å²) in [6, 6.07) is 13.4. The van der Waals surface area contributed by atoms with Crippen LogP contribution in [0.15, 0.2) is 67.9 Å². The quantitative estimate of drug-likeness (QED) is 0.157. The number of nitrogen functional groups attached to an aromatic ring is 1. The van der Waals surface area contributed by atoms with E-state index in [-0.39, 0.29) is 22.7 Å². The van der Waals surface area contributed by atoms with Crippen molar-refractivity contribution in [1.29, 1.82) is 5.41 Å². The molecule has 3 aromatic rings. The molecule has 36 heavy (non-hydrogen) atoms. The predicted octanol–water partition coefficient (Wildman–Crippen LogP) is 3.42. The molecule has 1 heterocycles. The molecule has 2 unspecified atom stereocenters. The van der Waals surface area contributed by atoms with Gasteiger partial charge in [0.2, 0.25) is 0 Å². The average Bonchev–Trinajstić information content (AvgIpc) is 3.25. The molecule has 0 radical (unpaired) electrons. The molecule has 11 heteroatoms. The number of rotatable bonds is 8. The molecule has 0 aromatic heterocycles. The zero-order chi connectivity index (χ0) is 26.1.